The van der Waals surface area contributed by atoms with Gasteiger partial charge in [0.1, 0.15) is 17.6 Å². The minimum Gasteiger partial charge on any atom is -0.491 e. The van der Waals surface area contributed by atoms with Gasteiger partial charge < -0.3 is 15.2 Å². The SMILES string of the molecule is CC(C)Oc1cc(OC2CC(N)C2)cc([N+](=O)[O-])c1. The van der Waals surface area contributed by atoms with Crippen LogP contribution in [0.3, 0.4) is 0 Å². The third-order valence-electron chi connectivity index (χ3n) is 2.88. The van der Waals surface area contributed by atoms with Crippen LogP contribution in [0.1, 0.15) is 26.7 Å². The van der Waals surface area contributed by atoms with Crippen molar-refractivity contribution in [2.75, 3.05) is 0 Å². The first-order valence-corrected chi connectivity index (χ1v) is 6.32. The van der Waals surface area contributed by atoms with E-state index in [1.807, 2.05) is 13.8 Å². The van der Waals surface area contributed by atoms with Gasteiger partial charge in [-0.15, -0.1) is 0 Å². The monoisotopic (exact) mass is 266 g/mol. The van der Waals surface area contributed by atoms with Crippen molar-refractivity contribution in [3.05, 3.63) is 28.3 Å². The molecule has 2 rings (SSSR count). The number of nitro groups is 1. The van der Waals surface area contributed by atoms with E-state index >= 15 is 0 Å². The number of nitrogens with zero attached hydrogens (tertiary/aromatic N) is 1. The zero-order valence-corrected chi connectivity index (χ0v) is 11.0. The third-order valence-corrected chi connectivity index (χ3v) is 2.88. The molecule has 0 aromatic heterocycles. The summed E-state index contributed by atoms with van der Waals surface area (Å²) in [6.07, 6.45) is 1.56. The van der Waals surface area contributed by atoms with Gasteiger partial charge in [-0.3, -0.25) is 10.1 Å². The molecule has 0 radical (unpaired) electrons. The molecule has 0 spiro atoms. The lowest BCUT2D eigenvalue weighted by Gasteiger charge is -2.32. The second kappa shape index (κ2) is 5.44. The highest BCUT2D eigenvalue weighted by Crippen LogP contribution is 2.31. The lowest BCUT2D eigenvalue weighted by Crippen LogP contribution is -2.43. The van der Waals surface area contributed by atoms with E-state index in [9.17, 15) is 10.1 Å². The molecule has 0 saturated heterocycles. The summed E-state index contributed by atoms with van der Waals surface area (Å²) in [6.45, 7) is 3.73. The molecule has 1 saturated carbocycles. The van der Waals surface area contributed by atoms with Crippen molar-refractivity contribution in [1.29, 1.82) is 0 Å². The molecule has 1 aromatic carbocycles. The quantitative estimate of drug-likeness (QED) is 0.652. The Morgan fingerprint density at radius 3 is 2.47 bits per heavy atom. The Hall–Kier alpha value is -1.82. The van der Waals surface area contributed by atoms with Crippen molar-refractivity contribution in [2.45, 2.75) is 44.9 Å². The number of ether oxygens (including phenoxy) is 2. The molecule has 0 heterocycles. The Balaban J connectivity index is 2.16. The predicted octanol–water partition coefficient (Wildman–Crippen LogP) is 2.25. The topological polar surface area (TPSA) is 87.6 Å². The Labute approximate surface area is 111 Å². The smallest absolute Gasteiger partial charge is 0.276 e. The molecule has 0 atom stereocenters. The molecule has 1 aliphatic rings. The van der Waals surface area contributed by atoms with Crippen LogP contribution in [0.2, 0.25) is 0 Å². The molecule has 1 aromatic rings. The van der Waals surface area contributed by atoms with Gasteiger partial charge in [0.15, 0.2) is 0 Å². The van der Waals surface area contributed by atoms with Crippen LogP contribution >= 0.6 is 0 Å². The molecule has 0 bridgehead atoms. The van der Waals surface area contributed by atoms with Crippen molar-refractivity contribution in [3.8, 4) is 11.5 Å². The highest BCUT2D eigenvalue weighted by molar-refractivity contribution is 5.46. The fraction of sp³-hybridized carbons (Fsp3) is 0.538. The van der Waals surface area contributed by atoms with Gasteiger partial charge in [0.05, 0.1) is 23.2 Å². The number of hydrogen-bond donors (Lipinski definition) is 1. The van der Waals surface area contributed by atoms with E-state index in [1.165, 1.54) is 12.1 Å². The molecule has 0 amide bonds. The van der Waals surface area contributed by atoms with Gasteiger partial charge in [0, 0.05) is 12.1 Å². The largest absolute Gasteiger partial charge is 0.491 e. The molecular formula is C13H18N2O4. The van der Waals surface area contributed by atoms with Crippen molar-refractivity contribution in [1.82, 2.24) is 0 Å². The number of rotatable bonds is 5. The summed E-state index contributed by atoms with van der Waals surface area (Å²) in [5.74, 6) is 0.907. The molecule has 104 valence electrons. The van der Waals surface area contributed by atoms with E-state index < -0.39 is 4.92 Å². The molecule has 19 heavy (non-hydrogen) atoms. The van der Waals surface area contributed by atoms with E-state index in [0.29, 0.717) is 11.5 Å². The average Bonchev–Trinajstić information content (AvgIpc) is 2.25. The highest BCUT2D eigenvalue weighted by atomic mass is 16.6. The van der Waals surface area contributed by atoms with Gasteiger partial charge in [-0.25, -0.2) is 0 Å². The minimum atomic E-state index is -0.452. The van der Waals surface area contributed by atoms with Crippen LogP contribution in [0.4, 0.5) is 5.69 Å². The second-order valence-electron chi connectivity index (χ2n) is 5.06. The molecule has 2 N–H and O–H groups in total. The van der Waals surface area contributed by atoms with Gasteiger partial charge in [-0.1, -0.05) is 0 Å². The first-order valence-electron chi connectivity index (χ1n) is 6.32. The predicted molar refractivity (Wildman–Crippen MR) is 70.5 cm³/mol. The lowest BCUT2D eigenvalue weighted by atomic mass is 9.90. The van der Waals surface area contributed by atoms with Crippen LogP contribution in [0.5, 0.6) is 11.5 Å². The van der Waals surface area contributed by atoms with Crippen molar-refractivity contribution < 1.29 is 14.4 Å². The summed E-state index contributed by atoms with van der Waals surface area (Å²) >= 11 is 0. The van der Waals surface area contributed by atoms with Crippen LogP contribution < -0.4 is 15.2 Å². The zero-order valence-electron chi connectivity index (χ0n) is 11.0. The van der Waals surface area contributed by atoms with Crippen LogP contribution in [-0.2, 0) is 0 Å². The molecule has 1 aliphatic carbocycles. The second-order valence-corrected chi connectivity index (χ2v) is 5.06. The number of non-ortho nitro benzene ring substituents is 1. The number of nitrogens with two attached hydrogens (primary N) is 1. The normalized spacial score (nSPS) is 21.9. The number of hydrogen-bond acceptors (Lipinski definition) is 5. The summed E-state index contributed by atoms with van der Waals surface area (Å²) in [5, 5.41) is 10.9. The molecule has 6 heteroatoms. The fourth-order valence-electron chi connectivity index (χ4n) is 1.97. The lowest BCUT2D eigenvalue weighted by molar-refractivity contribution is -0.385. The molecule has 1 fully saturated rings. The first-order chi connectivity index (χ1) is 8.94. The standard InChI is InChI=1S/C13H18N2O4/c1-8(2)18-12-5-10(15(16)17)6-13(7-12)19-11-3-9(14)4-11/h5-9,11H,3-4,14H2,1-2H3. The maximum Gasteiger partial charge on any atom is 0.276 e. The first kappa shape index (κ1) is 13.6. The maximum atomic E-state index is 10.9. The van der Waals surface area contributed by atoms with Crippen LogP contribution in [0.15, 0.2) is 18.2 Å². The van der Waals surface area contributed by atoms with Crippen molar-refractivity contribution in [2.24, 2.45) is 5.73 Å². The number of benzene rings is 1. The number of nitro benzene ring substituents is 1. The molecule has 0 aliphatic heterocycles. The summed E-state index contributed by atoms with van der Waals surface area (Å²) in [6, 6.07) is 4.67. The Morgan fingerprint density at radius 2 is 1.95 bits per heavy atom. The van der Waals surface area contributed by atoms with Gasteiger partial charge in [0.2, 0.25) is 0 Å². The summed E-state index contributed by atoms with van der Waals surface area (Å²) < 4.78 is 11.2. The van der Waals surface area contributed by atoms with Crippen LogP contribution in [0, 0.1) is 10.1 Å². The average molecular weight is 266 g/mol. The maximum absolute atomic E-state index is 10.9. The minimum absolute atomic E-state index is 0.0308. The Kier molecular flexibility index (Phi) is 3.90. The van der Waals surface area contributed by atoms with E-state index in [-0.39, 0.29) is 23.9 Å². The van der Waals surface area contributed by atoms with Crippen LogP contribution in [0.25, 0.3) is 0 Å². The van der Waals surface area contributed by atoms with E-state index in [0.717, 1.165) is 12.8 Å². The molecule has 0 unspecified atom stereocenters. The Bertz CT molecular complexity index is 470. The zero-order chi connectivity index (χ0) is 14.0. The van der Waals surface area contributed by atoms with E-state index in [1.54, 1.807) is 6.07 Å². The van der Waals surface area contributed by atoms with Crippen LogP contribution in [-0.4, -0.2) is 23.2 Å². The summed E-state index contributed by atoms with van der Waals surface area (Å²) in [4.78, 5) is 10.4. The molecular weight excluding hydrogens is 248 g/mol. The highest BCUT2D eigenvalue weighted by Gasteiger charge is 2.28. The van der Waals surface area contributed by atoms with E-state index in [4.69, 9.17) is 15.2 Å². The van der Waals surface area contributed by atoms with Gasteiger partial charge >= 0.3 is 0 Å². The van der Waals surface area contributed by atoms with Gasteiger partial charge in [0.25, 0.3) is 5.69 Å². The Morgan fingerprint density at radius 1 is 1.32 bits per heavy atom. The van der Waals surface area contributed by atoms with Gasteiger partial charge in [-0.2, -0.15) is 0 Å². The van der Waals surface area contributed by atoms with Gasteiger partial charge in [-0.05, 0) is 26.7 Å². The summed E-state index contributed by atoms with van der Waals surface area (Å²) in [7, 11) is 0. The fourth-order valence-corrected chi connectivity index (χ4v) is 1.97. The summed E-state index contributed by atoms with van der Waals surface area (Å²) in [5.41, 5.74) is 5.65. The van der Waals surface area contributed by atoms with E-state index in [2.05, 4.69) is 0 Å². The molecule has 6 nitrogen and oxygen atoms in total. The van der Waals surface area contributed by atoms with Crippen molar-refractivity contribution >= 4 is 5.69 Å². The van der Waals surface area contributed by atoms with Crippen molar-refractivity contribution in [3.63, 3.8) is 0 Å². The third kappa shape index (κ3) is 3.57.